The minimum Gasteiger partial charge on any atom is -0.139 e. The van der Waals surface area contributed by atoms with Crippen molar-refractivity contribution in [2.45, 2.75) is 58.4 Å². The van der Waals surface area contributed by atoms with Gasteiger partial charge in [-0.2, -0.15) is 0 Å². The van der Waals surface area contributed by atoms with E-state index >= 15 is 0 Å². The number of hydrogen-bond acceptors (Lipinski definition) is 0. The highest BCUT2D eigenvalue weighted by Gasteiger charge is 2.15. The molecule has 0 saturated carbocycles. The topological polar surface area (TPSA) is 0 Å². The Labute approximate surface area is 80.0 Å². The van der Waals surface area contributed by atoms with E-state index in [9.17, 15) is 0 Å². The molecule has 0 aliphatic rings. The Hall–Kier alpha value is -0.223. The van der Waals surface area contributed by atoms with E-state index in [-0.39, 0.29) is 9.52 Å². The van der Waals surface area contributed by atoms with Gasteiger partial charge in [0.05, 0.1) is 0 Å². The van der Waals surface area contributed by atoms with Gasteiger partial charge in [-0.15, -0.1) is 11.5 Å². The second-order valence-electron chi connectivity index (χ2n) is 4.22. The molecule has 0 aliphatic carbocycles. The molecular formula is C11H22Si. The molecule has 0 aromatic carbocycles. The van der Waals surface area contributed by atoms with Gasteiger partial charge in [0.15, 0.2) is 0 Å². The van der Waals surface area contributed by atoms with Gasteiger partial charge in [0.2, 0.25) is 0 Å². The summed E-state index contributed by atoms with van der Waals surface area (Å²) in [5, 5.41) is 0.568. The van der Waals surface area contributed by atoms with E-state index in [0.29, 0.717) is 5.04 Å². The van der Waals surface area contributed by atoms with E-state index in [1.807, 2.05) is 6.92 Å². The molecule has 0 atom stereocenters. The van der Waals surface area contributed by atoms with E-state index in [0.717, 1.165) is 0 Å². The van der Waals surface area contributed by atoms with Crippen LogP contribution in [0.5, 0.6) is 0 Å². The summed E-state index contributed by atoms with van der Waals surface area (Å²) in [4.78, 5) is 0. The maximum Gasteiger partial charge on any atom is 0.112 e. The van der Waals surface area contributed by atoms with Crippen LogP contribution in [0, 0.1) is 11.5 Å². The van der Waals surface area contributed by atoms with Crippen molar-refractivity contribution in [3.05, 3.63) is 0 Å². The predicted molar refractivity (Wildman–Crippen MR) is 60.2 cm³/mol. The molecule has 0 aromatic rings. The van der Waals surface area contributed by atoms with Crippen LogP contribution >= 0.6 is 0 Å². The fourth-order valence-corrected chi connectivity index (χ4v) is 2.35. The molecular weight excluding hydrogens is 160 g/mol. The monoisotopic (exact) mass is 182 g/mol. The summed E-state index contributed by atoms with van der Waals surface area (Å²) in [6.07, 6.45) is 5.48. The molecule has 0 unspecified atom stereocenters. The first-order valence-electron chi connectivity index (χ1n) is 5.02. The molecule has 0 saturated heterocycles. The Bertz CT molecular complexity index is 160. The van der Waals surface area contributed by atoms with E-state index < -0.39 is 0 Å². The van der Waals surface area contributed by atoms with Crippen molar-refractivity contribution in [3.63, 3.8) is 0 Å². The summed E-state index contributed by atoms with van der Waals surface area (Å²) in [6, 6.07) is 0. The van der Waals surface area contributed by atoms with Crippen molar-refractivity contribution < 1.29 is 0 Å². The minimum atomic E-state index is -0.150. The Morgan fingerprint density at radius 3 is 2.42 bits per heavy atom. The van der Waals surface area contributed by atoms with Crippen LogP contribution in [0.3, 0.4) is 0 Å². The van der Waals surface area contributed by atoms with E-state index in [2.05, 4.69) is 32.2 Å². The van der Waals surface area contributed by atoms with Crippen molar-refractivity contribution >= 4 is 9.52 Å². The van der Waals surface area contributed by atoms with Gasteiger partial charge in [0.25, 0.3) is 0 Å². The molecule has 0 spiro atoms. The Morgan fingerprint density at radius 2 is 1.92 bits per heavy atom. The number of hydrogen-bond donors (Lipinski definition) is 0. The van der Waals surface area contributed by atoms with Crippen molar-refractivity contribution in [3.8, 4) is 11.5 Å². The molecule has 12 heavy (non-hydrogen) atoms. The molecule has 0 heterocycles. The number of rotatable bonds is 5. The second-order valence-corrected chi connectivity index (χ2v) is 6.85. The molecule has 1 heteroatoms. The summed E-state index contributed by atoms with van der Waals surface area (Å²) in [6.45, 7) is 8.96. The van der Waals surface area contributed by atoms with Gasteiger partial charge in [-0.05, 0) is 12.0 Å². The van der Waals surface area contributed by atoms with Crippen molar-refractivity contribution in [1.82, 2.24) is 0 Å². The SMILES string of the molecule is CC#C[SiH2]C(C)(C)CCCCC. The van der Waals surface area contributed by atoms with E-state index in [1.54, 1.807) is 0 Å². The van der Waals surface area contributed by atoms with Crippen LogP contribution in [-0.2, 0) is 0 Å². The minimum absolute atomic E-state index is 0.150. The lowest BCUT2D eigenvalue weighted by molar-refractivity contribution is 0.550. The van der Waals surface area contributed by atoms with Gasteiger partial charge >= 0.3 is 0 Å². The summed E-state index contributed by atoms with van der Waals surface area (Å²) in [5.41, 5.74) is 3.30. The first-order valence-corrected chi connectivity index (χ1v) is 6.43. The van der Waals surface area contributed by atoms with Crippen LogP contribution < -0.4 is 0 Å². The average Bonchev–Trinajstić information content (AvgIpc) is 2.01. The van der Waals surface area contributed by atoms with Crippen LogP contribution in [0.4, 0.5) is 0 Å². The zero-order valence-corrected chi connectivity index (χ0v) is 10.4. The van der Waals surface area contributed by atoms with E-state index in [4.69, 9.17) is 0 Å². The lowest BCUT2D eigenvalue weighted by Gasteiger charge is -2.20. The molecule has 0 N–H and O–H groups in total. The van der Waals surface area contributed by atoms with Crippen molar-refractivity contribution in [1.29, 1.82) is 0 Å². The Kier molecular flexibility index (Phi) is 6.19. The predicted octanol–water partition coefficient (Wildman–Crippen LogP) is 2.91. The zero-order chi connectivity index (χ0) is 9.45. The van der Waals surface area contributed by atoms with Gasteiger partial charge in [0.1, 0.15) is 9.52 Å². The fraction of sp³-hybridized carbons (Fsp3) is 0.818. The summed E-state index contributed by atoms with van der Waals surface area (Å²) >= 11 is 0. The zero-order valence-electron chi connectivity index (χ0n) is 9.04. The van der Waals surface area contributed by atoms with Gasteiger partial charge in [-0.3, -0.25) is 0 Å². The summed E-state index contributed by atoms with van der Waals surface area (Å²) in [7, 11) is -0.150. The van der Waals surface area contributed by atoms with Crippen LogP contribution in [0.15, 0.2) is 0 Å². The lowest BCUT2D eigenvalue weighted by Crippen LogP contribution is -2.11. The number of unbranched alkanes of at least 4 members (excludes halogenated alkanes) is 2. The second kappa shape index (κ2) is 6.31. The Balaban J connectivity index is 3.60. The normalized spacial score (nSPS) is 11.7. The van der Waals surface area contributed by atoms with Crippen molar-refractivity contribution in [2.75, 3.05) is 0 Å². The molecule has 0 aliphatic heterocycles. The van der Waals surface area contributed by atoms with Crippen LogP contribution in [-0.4, -0.2) is 9.52 Å². The van der Waals surface area contributed by atoms with Crippen LogP contribution in [0.2, 0.25) is 5.04 Å². The van der Waals surface area contributed by atoms with Crippen LogP contribution in [0.25, 0.3) is 0 Å². The Morgan fingerprint density at radius 1 is 1.25 bits per heavy atom. The highest BCUT2D eigenvalue weighted by molar-refractivity contribution is 6.49. The molecule has 70 valence electrons. The molecule has 0 aromatic heterocycles. The van der Waals surface area contributed by atoms with Crippen LogP contribution in [0.1, 0.15) is 53.4 Å². The summed E-state index contributed by atoms with van der Waals surface area (Å²) < 4.78 is 0. The van der Waals surface area contributed by atoms with Crippen molar-refractivity contribution in [2.24, 2.45) is 0 Å². The first kappa shape index (κ1) is 11.8. The standard InChI is InChI=1S/C11H22Si/c1-5-7-8-9-11(3,4)12-10-6-2/h5,7-9,12H2,1-4H3. The molecule has 0 amide bonds. The van der Waals surface area contributed by atoms with Gasteiger partial charge in [-0.25, -0.2) is 0 Å². The van der Waals surface area contributed by atoms with Gasteiger partial charge in [-0.1, -0.05) is 46.5 Å². The molecule has 0 bridgehead atoms. The lowest BCUT2D eigenvalue weighted by atomic mass is 10.0. The van der Waals surface area contributed by atoms with E-state index in [1.165, 1.54) is 25.7 Å². The smallest absolute Gasteiger partial charge is 0.112 e. The van der Waals surface area contributed by atoms with Gasteiger partial charge < -0.3 is 0 Å². The fourth-order valence-electron chi connectivity index (χ4n) is 1.27. The average molecular weight is 182 g/mol. The molecule has 0 radical (unpaired) electrons. The molecule has 0 nitrogen and oxygen atoms in total. The highest BCUT2D eigenvalue weighted by atomic mass is 28.2. The highest BCUT2D eigenvalue weighted by Crippen LogP contribution is 2.29. The van der Waals surface area contributed by atoms with Gasteiger partial charge in [0, 0.05) is 0 Å². The largest absolute Gasteiger partial charge is 0.139 e. The first-order chi connectivity index (χ1) is 5.62. The third kappa shape index (κ3) is 6.48. The third-order valence-electron chi connectivity index (χ3n) is 2.20. The molecule has 0 fully saturated rings. The third-order valence-corrected chi connectivity index (χ3v) is 4.04. The maximum absolute atomic E-state index is 3.30. The maximum atomic E-state index is 3.30. The molecule has 0 rings (SSSR count). The summed E-state index contributed by atoms with van der Waals surface area (Å²) in [5.74, 6) is 3.03. The quantitative estimate of drug-likeness (QED) is 0.348.